The summed E-state index contributed by atoms with van der Waals surface area (Å²) < 4.78 is 0. The monoisotopic (exact) mass is 284 g/mol. The number of aromatic amines is 1. The second kappa shape index (κ2) is 5.78. The second-order valence-electron chi connectivity index (χ2n) is 6.63. The maximum atomic E-state index is 4.74. The molecule has 1 atom stereocenters. The fourth-order valence-electron chi connectivity index (χ4n) is 3.39. The summed E-state index contributed by atoms with van der Waals surface area (Å²) in [5.74, 6) is 2.03. The molecule has 1 aromatic heterocycles. The molecule has 2 N–H and O–H groups in total. The van der Waals surface area contributed by atoms with Gasteiger partial charge in [0.15, 0.2) is 0 Å². The third kappa shape index (κ3) is 3.27. The Labute approximate surface area is 125 Å². The van der Waals surface area contributed by atoms with Crippen molar-refractivity contribution in [3.8, 4) is 0 Å². The summed E-state index contributed by atoms with van der Waals surface area (Å²) in [5.41, 5.74) is 2.23. The number of hydrogen-bond donors (Lipinski definition) is 2. The molecule has 1 saturated carbocycles. The SMILES string of the molecule is c1ccc2[nH]c(CN(CC3CC3)CC3CCCN3)nc2c1. The molecule has 0 radical (unpaired) electrons. The lowest BCUT2D eigenvalue weighted by Crippen LogP contribution is -2.38. The van der Waals surface area contributed by atoms with Crippen molar-refractivity contribution in [2.75, 3.05) is 19.6 Å². The van der Waals surface area contributed by atoms with Crippen LogP contribution in [0.4, 0.5) is 0 Å². The molecule has 4 nitrogen and oxygen atoms in total. The molecular weight excluding hydrogens is 260 g/mol. The Hall–Kier alpha value is -1.39. The van der Waals surface area contributed by atoms with Crippen LogP contribution in [0, 0.1) is 5.92 Å². The quantitative estimate of drug-likeness (QED) is 0.856. The summed E-state index contributed by atoms with van der Waals surface area (Å²) in [5, 5.41) is 3.62. The summed E-state index contributed by atoms with van der Waals surface area (Å²) in [6, 6.07) is 8.98. The topological polar surface area (TPSA) is 44.0 Å². The molecule has 4 heteroatoms. The Kier molecular flexibility index (Phi) is 3.65. The third-order valence-corrected chi connectivity index (χ3v) is 4.67. The first-order valence-electron chi connectivity index (χ1n) is 8.26. The molecule has 2 fully saturated rings. The van der Waals surface area contributed by atoms with Crippen LogP contribution in [0.5, 0.6) is 0 Å². The number of H-pyrrole nitrogens is 1. The molecule has 1 unspecified atom stereocenters. The highest BCUT2D eigenvalue weighted by molar-refractivity contribution is 5.74. The Bertz CT molecular complexity index is 563. The normalized spacial score (nSPS) is 22.4. The first-order valence-corrected chi connectivity index (χ1v) is 8.26. The van der Waals surface area contributed by atoms with Gasteiger partial charge in [-0.2, -0.15) is 0 Å². The van der Waals surface area contributed by atoms with Gasteiger partial charge in [0.2, 0.25) is 0 Å². The first-order chi connectivity index (χ1) is 10.4. The van der Waals surface area contributed by atoms with E-state index < -0.39 is 0 Å². The van der Waals surface area contributed by atoms with Crippen LogP contribution in [-0.4, -0.2) is 40.5 Å². The van der Waals surface area contributed by atoms with Crippen LogP contribution in [0.15, 0.2) is 24.3 Å². The zero-order chi connectivity index (χ0) is 14.1. The molecule has 4 rings (SSSR count). The van der Waals surface area contributed by atoms with E-state index in [2.05, 4.69) is 39.5 Å². The molecule has 2 heterocycles. The maximum Gasteiger partial charge on any atom is 0.121 e. The molecular formula is C17H24N4. The molecule has 21 heavy (non-hydrogen) atoms. The van der Waals surface area contributed by atoms with Gasteiger partial charge in [-0.1, -0.05) is 12.1 Å². The fourth-order valence-corrected chi connectivity index (χ4v) is 3.39. The lowest BCUT2D eigenvalue weighted by Gasteiger charge is -2.24. The number of nitrogens with zero attached hydrogens (tertiary/aromatic N) is 2. The van der Waals surface area contributed by atoms with Crippen molar-refractivity contribution in [1.29, 1.82) is 0 Å². The fraction of sp³-hybridized carbons (Fsp3) is 0.588. The van der Waals surface area contributed by atoms with E-state index >= 15 is 0 Å². The molecule has 112 valence electrons. The van der Waals surface area contributed by atoms with Crippen molar-refractivity contribution in [3.63, 3.8) is 0 Å². The molecule has 2 aromatic rings. The van der Waals surface area contributed by atoms with E-state index in [0.29, 0.717) is 6.04 Å². The van der Waals surface area contributed by atoms with Gasteiger partial charge in [-0.05, 0) is 50.3 Å². The Morgan fingerprint density at radius 3 is 2.81 bits per heavy atom. The van der Waals surface area contributed by atoms with E-state index in [1.165, 1.54) is 38.8 Å². The lowest BCUT2D eigenvalue weighted by atomic mass is 10.2. The molecule has 1 aromatic carbocycles. The van der Waals surface area contributed by atoms with Crippen LogP contribution >= 0.6 is 0 Å². The van der Waals surface area contributed by atoms with Crippen LogP contribution in [0.2, 0.25) is 0 Å². The van der Waals surface area contributed by atoms with Gasteiger partial charge in [-0.15, -0.1) is 0 Å². The van der Waals surface area contributed by atoms with E-state index in [0.717, 1.165) is 35.9 Å². The van der Waals surface area contributed by atoms with Gasteiger partial charge in [-0.3, -0.25) is 4.90 Å². The highest BCUT2D eigenvalue weighted by atomic mass is 15.2. The van der Waals surface area contributed by atoms with Crippen molar-refractivity contribution in [2.45, 2.75) is 38.3 Å². The van der Waals surface area contributed by atoms with E-state index in [-0.39, 0.29) is 0 Å². The number of fused-ring (bicyclic) bond motifs is 1. The molecule has 1 aliphatic heterocycles. The third-order valence-electron chi connectivity index (χ3n) is 4.67. The minimum Gasteiger partial charge on any atom is -0.341 e. The molecule has 0 amide bonds. The van der Waals surface area contributed by atoms with Crippen LogP contribution in [0.1, 0.15) is 31.5 Å². The highest BCUT2D eigenvalue weighted by Crippen LogP contribution is 2.30. The van der Waals surface area contributed by atoms with E-state index in [1.54, 1.807) is 0 Å². The Balaban J connectivity index is 1.46. The predicted molar refractivity (Wildman–Crippen MR) is 85.1 cm³/mol. The van der Waals surface area contributed by atoms with Crippen LogP contribution in [-0.2, 0) is 6.54 Å². The Morgan fingerprint density at radius 2 is 2.05 bits per heavy atom. The van der Waals surface area contributed by atoms with Gasteiger partial charge >= 0.3 is 0 Å². The summed E-state index contributed by atoms with van der Waals surface area (Å²) in [6.45, 7) is 4.53. The predicted octanol–water partition coefficient (Wildman–Crippen LogP) is 2.53. The minimum atomic E-state index is 0.674. The smallest absolute Gasteiger partial charge is 0.121 e. The number of para-hydroxylation sites is 2. The summed E-state index contributed by atoms with van der Waals surface area (Å²) in [7, 11) is 0. The maximum absolute atomic E-state index is 4.74. The number of benzene rings is 1. The van der Waals surface area contributed by atoms with Gasteiger partial charge in [0, 0.05) is 19.1 Å². The van der Waals surface area contributed by atoms with Crippen LogP contribution < -0.4 is 5.32 Å². The average molecular weight is 284 g/mol. The molecule has 0 bridgehead atoms. The zero-order valence-electron chi connectivity index (χ0n) is 12.5. The number of aromatic nitrogens is 2. The summed E-state index contributed by atoms with van der Waals surface area (Å²) in [6.07, 6.45) is 5.47. The van der Waals surface area contributed by atoms with Crippen molar-refractivity contribution in [3.05, 3.63) is 30.1 Å². The lowest BCUT2D eigenvalue weighted by molar-refractivity contribution is 0.227. The van der Waals surface area contributed by atoms with Crippen LogP contribution in [0.25, 0.3) is 11.0 Å². The number of nitrogens with one attached hydrogen (secondary N) is 2. The number of imidazole rings is 1. The van der Waals surface area contributed by atoms with E-state index in [4.69, 9.17) is 4.98 Å². The molecule has 2 aliphatic rings. The molecule has 1 saturated heterocycles. The second-order valence-corrected chi connectivity index (χ2v) is 6.63. The average Bonchev–Trinajstić information content (AvgIpc) is 3.00. The summed E-state index contributed by atoms with van der Waals surface area (Å²) in [4.78, 5) is 10.8. The zero-order valence-corrected chi connectivity index (χ0v) is 12.5. The Morgan fingerprint density at radius 1 is 1.14 bits per heavy atom. The van der Waals surface area contributed by atoms with Gasteiger partial charge < -0.3 is 10.3 Å². The standard InChI is InChI=1S/C17H24N4/c1-2-6-16-15(5-1)19-17(20-16)12-21(10-13-7-8-13)11-14-4-3-9-18-14/h1-2,5-6,13-14,18H,3-4,7-12H2,(H,19,20). The minimum absolute atomic E-state index is 0.674. The molecule has 1 aliphatic carbocycles. The van der Waals surface area contributed by atoms with Crippen molar-refractivity contribution >= 4 is 11.0 Å². The van der Waals surface area contributed by atoms with Gasteiger partial charge in [0.05, 0.1) is 17.6 Å². The number of hydrogen-bond acceptors (Lipinski definition) is 3. The number of rotatable bonds is 6. The summed E-state index contributed by atoms with van der Waals surface area (Å²) >= 11 is 0. The van der Waals surface area contributed by atoms with Crippen molar-refractivity contribution < 1.29 is 0 Å². The van der Waals surface area contributed by atoms with E-state index in [9.17, 15) is 0 Å². The van der Waals surface area contributed by atoms with Gasteiger partial charge in [-0.25, -0.2) is 4.98 Å². The van der Waals surface area contributed by atoms with Gasteiger partial charge in [0.25, 0.3) is 0 Å². The van der Waals surface area contributed by atoms with E-state index in [1.807, 2.05) is 0 Å². The molecule has 0 spiro atoms. The first kappa shape index (κ1) is 13.3. The van der Waals surface area contributed by atoms with Crippen molar-refractivity contribution in [1.82, 2.24) is 20.2 Å². The highest BCUT2D eigenvalue weighted by Gasteiger charge is 2.27. The largest absolute Gasteiger partial charge is 0.341 e. The van der Waals surface area contributed by atoms with Crippen molar-refractivity contribution in [2.24, 2.45) is 5.92 Å². The van der Waals surface area contributed by atoms with Crippen LogP contribution in [0.3, 0.4) is 0 Å². The van der Waals surface area contributed by atoms with Gasteiger partial charge in [0.1, 0.15) is 5.82 Å².